The number of aliphatic hydroxyl groups is 1. The average Bonchev–Trinajstić information content (AvgIpc) is 2.06. The van der Waals surface area contributed by atoms with Gasteiger partial charge in [-0.25, -0.2) is 0 Å². The molecule has 0 aliphatic rings. The minimum absolute atomic E-state index is 0.0973. The van der Waals surface area contributed by atoms with E-state index in [0.717, 1.165) is 19.4 Å². The van der Waals surface area contributed by atoms with E-state index in [4.69, 9.17) is 10.8 Å². The Kier molecular flexibility index (Phi) is 33.4. The Morgan fingerprint density at radius 2 is 1.58 bits per heavy atom. The van der Waals surface area contributed by atoms with E-state index in [1.807, 2.05) is 27.7 Å². The lowest BCUT2D eigenvalue weighted by Crippen LogP contribution is -1.97. The number of rotatable bonds is 3. The zero-order valence-corrected chi connectivity index (χ0v) is 9.43. The molecule has 12 heavy (non-hydrogen) atoms. The first-order chi connectivity index (χ1) is 5.68. The molecular formula is C10H27NO. The maximum Gasteiger partial charge on any atom is 0.0512 e. The van der Waals surface area contributed by atoms with Gasteiger partial charge in [0.25, 0.3) is 0 Å². The predicted octanol–water partition coefficient (Wildman–Crippen LogP) is 2.55. The zero-order chi connectivity index (χ0) is 10.4. The van der Waals surface area contributed by atoms with E-state index >= 15 is 0 Å². The van der Waals surface area contributed by atoms with Crippen LogP contribution in [0.25, 0.3) is 0 Å². The van der Waals surface area contributed by atoms with Crippen molar-refractivity contribution in [2.75, 3.05) is 6.54 Å². The molecule has 0 aliphatic carbocycles. The van der Waals surface area contributed by atoms with Crippen LogP contribution in [0.2, 0.25) is 0 Å². The summed E-state index contributed by atoms with van der Waals surface area (Å²) in [5, 5.41) is 8.68. The third kappa shape index (κ3) is 51.4. The van der Waals surface area contributed by atoms with Crippen molar-refractivity contribution < 1.29 is 5.11 Å². The maximum atomic E-state index is 8.68. The number of aliphatic hydroxyl groups excluding tert-OH is 1. The molecule has 0 aromatic heterocycles. The molecule has 0 amide bonds. The molecule has 1 unspecified atom stereocenters. The minimum Gasteiger partial charge on any atom is -0.393 e. The summed E-state index contributed by atoms with van der Waals surface area (Å²) in [5.74, 6) is 0. The van der Waals surface area contributed by atoms with Gasteiger partial charge in [-0.2, -0.15) is 0 Å². The van der Waals surface area contributed by atoms with Crippen molar-refractivity contribution in [1.29, 1.82) is 0 Å². The summed E-state index contributed by atoms with van der Waals surface area (Å²) in [6.07, 6.45) is 3.19. The number of hydrogen-bond acceptors (Lipinski definition) is 2. The van der Waals surface area contributed by atoms with E-state index in [2.05, 4.69) is 6.92 Å². The molecule has 3 N–H and O–H groups in total. The highest BCUT2D eigenvalue weighted by Crippen LogP contribution is 1.97. The minimum atomic E-state index is -0.0973. The summed E-state index contributed by atoms with van der Waals surface area (Å²) in [7, 11) is 0. The Morgan fingerprint density at radius 1 is 1.25 bits per heavy atom. The summed E-state index contributed by atoms with van der Waals surface area (Å²) in [5.41, 5.74) is 4.85. The fraction of sp³-hybridized carbons (Fsp3) is 1.00. The monoisotopic (exact) mass is 177 g/mol. The third-order valence-electron chi connectivity index (χ3n) is 0.975. The van der Waals surface area contributed by atoms with Crippen LogP contribution in [-0.4, -0.2) is 17.8 Å². The van der Waals surface area contributed by atoms with Crippen LogP contribution >= 0.6 is 0 Å². The lowest BCUT2D eigenvalue weighted by Gasteiger charge is -1.98. The molecule has 0 spiro atoms. The zero-order valence-electron chi connectivity index (χ0n) is 9.43. The summed E-state index contributed by atoms with van der Waals surface area (Å²) in [4.78, 5) is 0. The molecule has 0 radical (unpaired) electrons. The maximum absolute atomic E-state index is 8.68. The Hall–Kier alpha value is -0.0800. The van der Waals surface area contributed by atoms with Crippen LogP contribution in [0.3, 0.4) is 0 Å². The Morgan fingerprint density at radius 3 is 1.67 bits per heavy atom. The van der Waals surface area contributed by atoms with Crippen LogP contribution in [0.1, 0.15) is 53.9 Å². The number of unbranched alkanes of at least 4 members (excludes halogenated alkanes) is 1. The standard InChI is InChI=1S/C6H14O.C2H7N.C2H6/c1-3-4-5-6(2)7;1-2-3;1-2/h6-7H,3-5H2,1-2H3;2-3H2,1H3;1-2H3. The highest BCUT2D eigenvalue weighted by Gasteiger charge is 1.90. The van der Waals surface area contributed by atoms with Gasteiger partial charge >= 0.3 is 0 Å². The Labute approximate surface area is 78.2 Å². The lowest BCUT2D eigenvalue weighted by molar-refractivity contribution is 0.181. The van der Waals surface area contributed by atoms with Gasteiger partial charge in [0.15, 0.2) is 0 Å². The second-order valence-electron chi connectivity index (χ2n) is 2.40. The predicted molar refractivity (Wildman–Crippen MR) is 57.3 cm³/mol. The molecule has 0 saturated heterocycles. The van der Waals surface area contributed by atoms with Gasteiger partial charge in [0.1, 0.15) is 0 Å². The fourth-order valence-electron chi connectivity index (χ4n) is 0.500. The molecule has 0 fully saturated rings. The van der Waals surface area contributed by atoms with Crippen molar-refractivity contribution in [1.82, 2.24) is 0 Å². The van der Waals surface area contributed by atoms with Crippen molar-refractivity contribution in [3.8, 4) is 0 Å². The van der Waals surface area contributed by atoms with Crippen LogP contribution < -0.4 is 5.73 Å². The van der Waals surface area contributed by atoms with Crippen LogP contribution in [0.15, 0.2) is 0 Å². The van der Waals surface area contributed by atoms with Crippen LogP contribution in [0, 0.1) is 0 Å². The van der Waals surface area contributed by atoms with E-state index in [1.165, 1.54) is 6.42 Å². The van der Waals surface area contributed by atoms with E-state index in [0.29, 0.717) is 0 Å². The smallest absolute Gasteiger partial charge is 0.0512 e. The average molecular weight is 177 g/mol. The molecule has 0 aliphatic heterocycles. The summed E-state index contributed by atoms with van der Waals surface area (Å²) < 4.78 is 0. The summed E-state index contributed by atoms with van der Waals surface area (Å²) in [6, 6.07) is 0. The van der Waals surface area contributed by atoms with Gasteiger partial charge in [-0.3, -0.25) is 0 Å². The van der Waals surface area contributed by atoms with Gasteiger partial charge < -0.3 is 10.8 Å². The van der Waals surface area contributed by atoms with Gasteiger partial charge in [0, 0.05) is 0 Å². The molecular weight excluding hydrogens is 150 g/mol. The first-order valence-electron chi connectivity index (χ1n) is 5.07. The van der Waals surface area contributed by atoms with E-state index in [-0.39, 0.29) is 6.10 Å². The first-order valence-corrected chi connectivity index (χ1v) is 5.07. The van der Waals surface area contributed by atoms with Crippen LogP contribution in [0.4, 0.5) is 0 Å². The van der Waals surface area contributed by atoms with Crippen LogP contribution in [-0.2, 0) is 0 Å². The molecule has 0 aromatic rings. The van der Waals surface area contributed by atoms with Gasteiger partial charge in [-0.1, -0.05) is 40.5 Å². The Balaban J connectivity index is -0.000000137. The number of hydrogen-bond donors (Lipinski definition) is 2. The van der Waals surface area contributed by atoms with Gasteiger partial charge in [0.05, 0.1) is 6.10 Å². The molecule has 78 valence electrons. The SMILES string of the molecule is CC.CCCCC(C)O.CCN. The molecule has 0 saturated carbocycles. The summed E-state index contributed by atoms with van der Waals surface area (Å²) in [6.45, 7) is 10.6. The molecule has 1 atom stereocenters. The third-order valence-corrected chi connectivity index (χ3v) is 0.975. The second-order valence-corrected chi connectivity index (χ2v) is 2.40. The van der Waals surface area contributed by atoms with Crippen molar-refractivity contribution in [2.45, 2.75) is 60.0 Å². The van der Waals surface area contributed by atoms with Gasteiger partial charge in [0.2, 0.25) is 0 Å². The molecule has 2 nitrogen and oxygen atoms in total. The van der Waals surface area contributed by atoms with Crippen molar-refractivity contribution in [3.05, 3.63) is 0 Å². The molecule has 0 aromatic carbocycles. The molecule has 0 rings (SSSR count). The van der Waals surface area contributed by atoms with Crippen LogP contribution in [0.5, 0.6) is 0 Å². The largest absolute Gasteiger partial charge is 0.393 e. The molecule has 0 bridgehead atoms. The van der Waals surface area contributed by atoms with E-state index in [1.54, 1.807) is 0 Å². The lowest BCUT2D eigenvalue weighted by atomic mass is 10.2. The van der Waals surface area contributed by atoms with Crippen molar-refractivity contribution in [2.24, 2.45) is 5.73 Å². The van der Waals surface area contributed by atoms with E-state index in [9.17, 15) is 0 Å². The highest BCUT2D eigenvalue weighted by molar-refractivity contribution is 4.43. The second kappa shape index (κ2) is 22.4. The highest BCUT2D eigenvalue weighted by atomic mass is 16.3. The summed E-state index contributed by atoms with van der Waals surface area (Å²) >= 11 is 0. The van der Waals surface area contributed by atoms with E-state index < -0.39 is 0 Å². The number of nitrogens with two attached hydrogens (primary N) is 1. The van der Waals surface area contributed by atoms with Crippen molar-refractivity contribution in [3.63, 3.8) is 0 Å². The normalized spacial score (nSPS) is 10.2. The van der Waals surface area contributed by atoms with Crippen molar-refractivity contribution >= 4 is 0 Å². The molecule has 0 heterocycles. The Bertz CT molecular complexity index is 47.1. The topological polar surface area (TPSA) is 46.2 Å². The van der Waals surface area contributed by atoms with Gasteiger partial charge in [-0.15, -0.1) is 0 Å². The fourth-order valence-corrected chi connectivity index (χ4v) is 0.500. The van der Waals surface area contributed by atoms with Gasteiger partial charge in [-0.05, 0) is 19.9 Å². The first kappa shape index (κ1) is 17.9. The molecule has 2 heteroatoms. The quantitative estimate of drug-likeness (QED) is 0.696.